The van der Waals surface area contributed by atoms with Crippen LogP contribution in [0.5, 0.6) is 5.75 Å². The number of ketones is 1. The average molecular weight is 396 g/mol. The van der Waals surface area contributed by atoms with Crippen molar-refractivity contribution in [3.63, 3.8) is 0 Å². The number of methoxy groups -OCH3 is 1. The lowest BCUT2D eigenvalue weighted by Crippen LogP contribution is -2.29. The molecule has 6 heteroatoms. The highest BCUT2D eigenvalue weighted by atomic mass is 31.2. The summed E-state index contributed by atoms with van der Waals surface area (Å²) in [4.78, 5) is 31.3. The molecule has 1 aromatic rings. The minimum absolute atomic E-state index is 0.107. The molecule has 0 saturated heterocycles. The van der Waals surface area contributed by atoms with Crippen molar-refractivity contribution in [2.24, 2.45) is 0 Å². The van der Waals surface area contributed by atoms with Crippen LogP contribution in [0.4, 0.5) is 0 Å². The quantitative estimate of drug-likeness (QED) is 0.550. The van der Waals surface area contributed by atoms with Crippen LogP contribution in [0.3, 0.4) is 0 Å². The highest BCUT2D eigenvalue weighted by Crippen LogP contribution is 2.50. The van der Waals surface area contributed by atoms with Gasteiger partial charge in [-0.05, 0) is 48.5 Å². The number of carbonyl (C=O) groups excluding carboxylic acids is 1. The summed E-state index contributed by atoms with van der Waals surface area (Å²) in [7, 11) is -2.99. The lowest BCUT2D eigenvalue weighted by Gasteiger charge is -2.28. The molecule has 1 aromatic carbocycles. The van der Waals surface area contributed by atoms with Crippen molar-refractivity contribution in [1.29, 1.82) is 0 Å². The minimum atomic E-state index is -4.57. The molecule has 5 nitrogen and oxygen atoms in total. The standard InChI is InChI=1S/C21H33O5P/c1-19(2,3)15-12-14(18(26-9)16(13-15)20(4,5)6)10-11-17(22)21(7,8)27(23,24)25/h10-13H,1-9H3,(H2,23,24,25)/b11-10+. The van der Waals surface area contributed by atoms with E-state index in [1.165, 1.54) is 19.9 Å². The van der Waals surface area contributed by atoms with E-state index in [1.54, 1.807) is 13.2 Å². The van der Waals surface area contributed by atoms with Gasteiger partial charge in [-0.3, -0.25) is 9.36 Å². The molecule has 0 aliphatic carbocycles. The summed E-state index contributed by atoms with van der Waals surface area (Å²) >= 11 is 0. The maximum Gasteiger partial charge on any atom is 0.338 e. The molecule has 152 valence electrons. The summed E-state index contributed by atoms with van der Waals surface area (Å²) in [6, 6.07) is 4.08. The molecule has 0 aliphatic heterocycles. The van der Waals surface area contributed by atoms with Crippen LogP contribution in [0, 0.1) is 0 Å². The monoisotopic (exact) mass is 396 g/mol. The molecule has 0 aromatic heterocycles. The van der Waals surface area contributed by atoms with Crippen LogP contribution in [0.2, 0.25) is 0 Å². The second-order valence-corrected chi connectivity index (χ2v) is 11.7. The van der Waals surface area contributed by atoms with Gasteiger partial charge >= 0.3 is 7.60 Å². The third-order valence-corrected chi connectivity index (χ3v) is 6.42. The Kier molecular flexibility index (Phi) is 6.59. The molecule has 0 amide bonds. The van der Waals surface area contributed by atoms with E-state index in [0.29, 0.717) is 11.3 Å². The van der Waals surface area contributed by atoms with E-state index < -0.39 is 18.5 Å². The normalized spacial score (nSPS) is 13.9. The molecule has 0 heterocycles. The number of hydrogen-bond donors (Lipinski definition) is 2. The van der Waals surface area contributed by atoms with E-state index in [-0.39, 0.29) is 10.8 Å². The van der Waals surface area contributed by atoms with Gasteiger partial charge in [-0.2, -0.15) is 0 Å². The van der Waals surface area contributed by atoms with E-state index in [1.807, 2.05) is 6.07 Å². The van der Waals surface area contributed by atoms with Crippen molar-refractivity contribution in [1.82, 2.24) is 0 Å². The Balaban J connectivity index is 3.59. The molecular weight excluding hydrogens is 363 g/mol. The number of carbonyl (C=O) groups is 1. The van der Waals surface area contributed by atoms with Crippen molar-refractivity contribution >= 4 is 19.5 Å². The van der Waals surface area contributed by atoms with E-state index >= 15 is 0 Å². The maximum atomic E-state index is 12.4. The van der Waals surface area contributed by atoms with Gasteiger partial charge in [-0.1, -0.05) is 47.6 Å². The molecule has 0 atom stereocenters. The lowest BCUT2D eigenvalue weighted by atomic mass is 9.79. The Morgan fingerprint density at radius 1 is 1.00 bits per heavy atom. The fourth-order valence-electron chi connectivity index (χ4n) is 2.51. The van der Waals surface area contributed by atoms with Crippen molar-refractivity contribution in [2.75, 3.05) is 7.11 Å². The van der Waals surface area contributed by atoms with Crippen LogP contribution < -0.4 is 4.74 Å². The van der Waals surface area contributed by atoms with Crippen LogP contribution in [0.15, 0.2) is 18.2 Å². The molecule has 1 rings (SSSR count). The SMILES string of the molecule is COc1c(/C=C/C(=O)C(C)(C)P(=O)(O)O)cc(C(C)(C)C)cc1C(C)(C)C. The second-order valence-electron chi connectivity index (χ2n) is 9.45. The van der Waals surface area contributed by atoms with E-state index in [0.717, 1.165) is 11.1 Å². The first-order valence-electron chi connectivity index (χ1n) is 8.94. The average Bonchev–Trinajstić information content (AvgIpc) is 2.48. The van der Waals surface area contributed by atoms with Crippen molar-refractivity contribution in [3.8, 4) is 5.75 Å². The van der Waals surface area contributed by atoms with Crippen LogP contribution >= 0.6 is 7.60 Å². The lowest BCUT2D eigenvalue weighted by molar-refractivity contribution is -0.116. The first-order valence-corrected chi connectivity index (χ1v) is 10.6. The van der Waals surface area contributed by atoms with Crippen LogP contribution in [-0.2, 0) is 20.2 Å². The molecule has 0 radical (unpaired) electrons. The first kappa shape index (κ1) is 23.6. The Labute approximate surface area is 163 Å². The number of hydrogen-bond acceptors (Lipinski definition) is 3. The Hall–Kier alpha value is -1.42. The zero-order valence-electron chi connectivity index (χ0n) is 17.9. The molecule has 27 heavy (non-hydrogen) atoms. The largest absolute Gasteiger partial charge is 0.496 e. The van der Waals surface area contributed by atoms with Gasteiger partial charge in [0.1, 0.15) is 10.9 Å². The van der Waals surface area contributed by atoms with Gasteiger partial charge in [0.2, 0.25) is 0 Å². The highest BCUT2D eigenvalue weighted by Gasteiger charge is 2.43. The predicted molar refractivity (Wildman–Crippen MR) is 111 cm³/mol. The molecule has 0 spiro atoms. The summed E-state index contributed by atoms with van der Waals surface area (Å²) in [5.41, 5.74) is 2.53. The molecule has 0 bridgehead atoms. The summed E-state index contributed by atoms with van der Waals surface area (Å²) in [6.45, 7) is 15.1. The van der Waals surface area contributed by atoms with Crippen molar-refractivity contribution in [3.05, 3.63) is 34.9 Å². The highest BCUT2D eigenvalue weighted by molar-refractivity contribution is 7.54. The third kappa shape index (κ3) is 5.31. The number of ether oxygens (including phenoxy) is 1. The smallest absolute Gasteiger partial charge is 0.338 e. The topological polar surface area (TPSA) is 83.8 Å². The molecule has 0 aliphatic rings. The van der Waals surface area contributed by atoms with Gasteiger partial charge < -0.3 is 14.5 Å². The number of benzene rings is 1. The predicted octanol–water partition coefficient (Wildman–Crippen LogP) is 4.83. The molecule has 0 unspecified atom stereocenters. The molecule has 0 fully saturated rings. The fourth-order valence-corrected chi connectivity index (χ4v) is 2.87. The van der Waals surface area contributed by atoms with Gasteiger partial charge in [0.15, 0.2) is 5.78 Å². The van der Waals surface area contributed by atoms with E-state index in [4.69, 9.17) is 4.74 Å². The molecule has 2 N–H and O–H groups in total. The Bertz CT molecular complexity index is 786. The maximum absolute atomic E-state index is 12.4. The van der Waals surface area contributed by atoms with Crippen LogP contribution in [0.25, 0.3) is 6.08 Å². The minimum Gasteiger partial charge on any atom is -0.496 e. The fraction of sp³-hybridized carbons (Fsp3) is 0.571. The van der Waals surface area contributed by atoms with E-state index in [9.17, 15) is 19.1 Å². The first-order chi connectivity index (χ1) is 11.9. The Morgan fingerprint density at radius 2 is 1.52 bits per heavy atom. The zero-order chi connectivity index (χ0) is 21.4. The van der Waals surface area contributed by atoms with Crippen molar-refractivity contribution in [2.45, 2.75) is 71.4 Å². The number of allylic oxidation sites excluding steroid dienone is 1. The van der Waals surface area contributed by atoms with Crippen LogP contribution in [-0.4, -0.2) is 27.8 Å². The number of rotatable bonds is 5. The summed E-state index contributed by atoms with van der Waals surface area (Å²) in [5, 5.41) is -1.77. The summed E-state index contributed by atoms with van der Waals surface area (Å²) in [6.07, 6.45) is 2.82. The molecule has 0 saturated carbocycles. The van der Waals surface area contributed by atoms with Crippen LogP contribution in [0.1, 0.15) is 72.1 Å². The van der Waals surface area contributed by atoms with Crippen molar-refractivity contribution < 1.29 is 23.9 Å². The van der Waals surface area contributed by atoms with Gasteiger partial charge in [0.05, 0.1) is 7.11 Å². The second kappa shape index (κ2) is 7.54. The molecular formula is C21H33O5P. The zero-order valence-corrected chi connectivity index (χ0v) is 18.8. The third-order valence-electron chi connectivity index (χ3n) is 4.74. The Morgan fingerprint density at radius 3 is 1.89 bits per heavy atom. The van der Waals surface area contributed by atoms with E-state index in [2.05, 4.69) is 47.6 Å². The summed E-state index contributed by atoms with van der Waals surface area (Å²) < 4.78 is 17.3. The van der Waals surface area contributed by atoms with Gasteiger partial charge in [-0.15, -0.1) is 0 Å². The summed E-state index contributed by atoms with van der Waals surface area (Å²) in [5.74, 6) is 0.0323. The van der Waals surface area contributed by atoms with Gasteiger partial charge in [0.25, 0.3) is 0 Å². The van der Waals surface area contributed by atoms with Gasteiger partial charge in [-0.25, -0.2) is 0 Å². The van der Waals surface area contributed by atoms with Gasteiger partial charge in [0, 0.05) is 11.1 Å².